The van der Waals surface area contributed by atoms with Gasteiger partial charge in [-0.05, 0) is 18.1 Å². The third-order valence-electron chi connectivity index (χ3n) is 2.89. The Labute approximate surface area is 128 Å². The molecule has 20 heavy (non-hydrogen) atoms. The normalized spacial score (nSPS) is 13.1. The predicted octanol–water partition coefficient (Wildman–Crippen LogP) is 2.38. The summed E-state index contributed by atoms with van der Waals surface area (Å²) >= 11 is 7.32. The number of carbonyl (C=O) groups excluding carboxylic acids is 1. The molecule has 0 aliphatic rings. The second-order valence-electron chi connectivity index (χ2n) is 5.46. The smallest absolute Gasteiger partial charge is 0.271 e. The second-order valence-corrected chi connectivity index (χ2v) is 6.64. The summed E-state index contributed by atoms with van der Waals surface area (Å²) in [5.41, 5.74) is -0.00143. The third kappa shape index (κ3) is 4.61. The van der Waals surface area contributed by atoms with E-state index in [1.807, 2.05) is 27.0 Å². The van der Waals surface area contributed by atoms with Crippen LogP contribution in [-0.4, -0.2) is 39.9 Å². The minimum absolute atomic E-state index is 0.00971. The number of aliphatic hydroxyl groups excluding tert-OH is 1. The molecule has 7 heteroatoms. The van der Waals surface area contributed by atoms with Gasteiger partial charge in [0.1, 0.15) is 0 Å². The lowest BCUT2D eigenvalue weighted by atomic mass is 9.85. The average molecular weight is 318 g/mol. The molecule has 5 nitrogen and oxygen atoms in total. The number of thioether (sulfide) groups is 1. The van der Waals surface area contributed by atoms with Gasteiger partial charge in [0.05, 0.1) is 11.2 Å². The number of amides is 1. The molecule has 1 amide bonds. The van der Waals surface area contributed by atoms with E-state index in [0.29, 0.717) is 11.6 Å². The molecule has 1 heterocycles. The highest BCUT2D eigenvalue weighted by Crippen LogP contribution is 2.23. The Hall–Kier alpha value is -0.850. The molecule has 2 N–H and O–H groups in total. The summed E-state index contributed by atoms with van der Waals surface area (Å²) in [6.45, 7) is 6.02. The Morgan fingerprint density at radius 2 is 2.20 bits per heavy atom. The highest BCUT2D eigenvalue weighted by molar-refractivity contribution is 7.98. The zero-order chi connectivity index (χ0) is 15.3. The van der Waals surface area contributed by atoms with Crippen LogP contribution in [-0.2, 0) is 0 Å². The summed E-state index contributed by atoms with van der Waals surface area (Å²) in [5, 5.41) is 12.7. The van der Waals surface area contributed by atoms with E-state index in [1.54, 1.807) is 0 Å². The van der Waals surface area contributed by atoms with Crippen LogP contribution in [0.15, 0.2) is 11.4 Å². The summed E-state index contributed by atoms with van der Waals surface area (Å²) in [6, 6.07) is -0.163. The first-order valence-electron chi connectivity index (χ1n) is 6.27. The molecule has 1 aromatic heterocycles. The highest BCUT2D eigenvalue weighted by atomic mass is 35.5. The van der Waals surface area contributed by atoms with E-state index in [4.69, 9.17) is 16.7 Å². The quantitative estimate of drug-likeness (QED) is 0.644. The molecule has 0 saturated heterocycles. The monoisotopic (exact) mass is 317 g/mol. The van der Waals surface area contributed by atoms with Crippen LogP contribution in [0.3, 0.4) is 0 Å². The van der Waals surface area contributed by atoms with Crippen LogP contribution in [0, 0.1) is 5.41 Å². The van der Waals surface area contributed by atoms with Crippen LogP contribution in [0.25, 0.3) is 0 Å². The van der Waals surface area contributed by atoms with Crippen molar-refractivity contribution in [2.24, 2.45) is 5.41 Å². The summed E-state index contributed by atoms with van der Waals surface area (Å²) in [4.78, 5) is 20.4. The van der Waals surface area contributed by atoms with Crippen LogP contribution < -0.4 is 5.32 Å². The zero-order valence-corrected chi connectivity index (χ0v) is 13.7. The van der Waals surface area contributed by atoms with Crippen molar-refractivity contribution < 1.29 is 9.90 Å². The van der Waals surface area contributed by atoms with Gasteiger partial charge in [-0.15, -0.1) is 0 Å². The molecule has 0 spiro atoms. The van der Waals surface area contributed by atoms with Crippen LogP contribution in [0.1, 0.15) is 37.7 Å². The first-order valence-corrected chi connectivity index (χ1v) is 7.88. The highest BCUT2D eigenvalue weighted by Gasteiger charge is 2.27. The predicted molar refractivity (Wildman–Crippen MR) is 81.2 cm³/mol. The summed E-state index contributed by atoms with van der Waals surface area (Å²) in [7, 11) is 0. The molecule has 0 aliphatic heterocycles. The standard InChI is InChI=1S/C13H20ClN3O2S/c1-13(2,3)9(5-6-18)16-11(19)10-8(14)7-15-12(17-10)20-4/h7,9,18H,5-6H2,1-4H3,(H,16,19). The first-order chi connectivity index (χ1) is 9.29. The molecule has 0 radical (unpaired) electrons. The van der Waals surface area contributed by atoms with Crippen molar-refractivity contribution >= 4 is 29.3 Å². The SMILES string of the molecule is CSc1ncc(Cl)c(C(=O)NC(CCO)C(C)(C)C)n1. The third-order valence-corrected chi connectivity index (χ3v) is 3.73. The maximum atomic E-state index is 12.3. The number of rotatable bonds is 5. The van der Waals surface area contributed by atoms with E-state index in [1.165, 1.54) is 18.0 Å². The van der Waals surface area contributed by atoms with E-state index in [9.17, 15) is 4.79 Å². The fourth-order valence-electron chi connectivity index (χ4n) is 1.69. The number of carbonyl (C=O) groups is 1. The van der Waals surface area contributed by atoms with Crippen LogP contribution in [0.5, 0.6) is 0 Å². The van der Waals surface area contributed by atoms with Crippen LogP contribution in [0.4, 0.5) is 0 Å². The van der Waals surface area contributed by atoms with Crippen molar-refractivity contribution in [3.05, 3.63) is 16.9 Å². The van der Waals surface area contributed by atoms with Gasteiger partial charge in [0.15, 0.2) is 10.9 Å². The Bertz CT molecular complexity index is 477. The average Bonchev–Trinajstić information content (AvgIpc) is 2.37. The number of nitrogens with zero attached hydrogens (tertiary/aromatic N) is 2. The summed E-state index contributed by atoms with van der Waals surface area (Å²) < 4.78 is 0. The van der Waals surface area contributed by atoms with Gasteiger partial charge in [-0.3, -0.25) is 4.79 Å². The van der Waals surface area contributed by atoms with Gasteiger partial charge in [-0.25, -0.2) is 9.97 Å². The van der Waals surface area contributed by atoms with Crippen molar-refractivity contribution in [2.75, 3.05) is 12.9 Å². The first kappa shape index (κ1) is 17.2. The second kappa shape index (κ2) is 7.24. The van der Waals surface area contributed by atoms with Gasteiger partial charge < -0.3 is 10.4 Å². The number of hydrogen-bond donors (Lipinski definition) is 2. The topological polar surface area (TPSA) is 75.1 Å². The molecule has 1 unspecified atom stereocenters. The minimum atomic E-state index is -0.346. The van der Waals surface area contributed by atoms with Crippen molar-refractivity contribution in [3.63, 3.8) is 0 Å². The van der Waals surface area contributed by atoms with Crippen molar-refractivity contribution in [1.29, 1.82) is 0 Å². The van der Waals surface area contributed by atoms with Gasteiger partial charge in [-0.2, -0.15) is 0 Å². The van der Waals surface area contributed by atoms with Crippen molar-refractivity contribution in [2.45, 2.75) is 38.4 Å². The van der Waals surface area contributed by atoms with Gasteiger partial charge in [-0.1, -0.05) is 44.1 Å². The number of nitrogens with one attached hydrogen (secondary N) is 1. The van der Waals surface area contributed by atoms with E-state index >= 15 is 0 Å². The molecule has 0 bridgehead atoms. The van der Waals surface area contributed by atoms with Gasteiger partial charge in [0.2, 0.25) is 0 Å². The molecule has 0 fully saturated rings. The molecule has 1 atom stereocenters. The van der Waals surface area contributed by atoms with E-state index in [2.05, 4.69) is 15.3 Å². The van der Waals surface area contributed by atoms with Crippen LogP contribution >= 0.6 is 23.4 Å². The number of aliphatic hydroxyl groups is 1. The lowest BCUT2D eigenvalue weighted by molar-refractivity contribution is 0.0879. The molecule has 0 aromatic carbocycles. The largest absolute Gasteiger partial charge is 0.396 e. The van der Waals surface area contributed by atoms with Gasteiger partial charge >= 0.3 is 0 Å². The van der Waals surface area contributed by atoms with E-state index in [0.717, 1.165) is 0 Å². The zero-order valence-electron chi connectivity index (χ0n) is 12.1. The molecular formula is C13H20ClN3O2S. The molecule has 0 aliphatic carbocycles. The maximum absolute atomic E-state index is 12.3. The fraction of sp³-hybridized carbons (Fsp3) is 0.615. The van der Waals surface area contributed by atoms with E-state index in [-0.39, 0.29) is 34.7 Å². The lowest BCUT2D eigenvalue weighted by Gasteiger charge is -2.31. The van der Waals surface area contributed by atoms with Crippen LogP contribution in [0.2, 0.25) is 5.02 Å². The number of halogens is 1. The Morgan fingerprint density at radius 1 is 1.55 bits per heavy atom. The van der Waals surface area contributed by atoms with Crippen molar-refractivity contribution in [3.8, 4) is 0 Å². The molecule has 1 rings (SSSR count). The van der Waals surface area contributed by atoms with Gasteiger partial charge in [0, 0.05) is 12.6 Å². The molecule has 0 saturated carbocycles. The fourth-order valence-corrected chi connectivity index (χ4v) is 2.20. The minimum Gasteiger partial charge on any atom is -0.396 e. The van der Waals surface area contributed by atoms with E-state index < -0.39 is 0 Å². The number of hydrogen-bond acceptors (Lipinski definition) is 5. The molecule has 112 valence electrons. The summed E-state index contributed by atoms with van der Waals surface area (Å²) in [5.74, 6) is -0.346. The maximum Gasteiger partial charge on any atom is 0.271 e. The Morgan fingerprint density at radius 3 is 2.70 bits per heavy atom. The Kier molecular flexibility index (Phi) is 6.23. The van der Waals surface area contributed by atoms with Crippen molar-refractivity contribution in [1.82, 2.24) is 15.3 Å². The molecular weight excluding hydrogens is 298 g/mol. The molecule has 1 aromatic rings. The number of aromatic nitrogens is 2. The lowest BCUT2D eigenvalue weighted by Crippen LogP contribution is -2.44. The summed E-state index contributed by atoms with van der Waals surface area (Å²) in [6.07, 6.45) is 3.73. The van der Waals surface area contributed by atoms with Gasteiger partial charge in [0.25, 0.3) is 5.91 Å². The Balaban J connectivity index is 2.94.